The Morgan fingerprint density at radius 1 is 1.07 bits per heavy atom. The summed E-state index contributed by atoms with van der Waals surface area (Å²) in [7, 11) is 3.10. The van der Waals surface area contributed by atoms with E-state index in [1.807, 2.05) is 30.3 Å². The second-order valence-corrected chi connectivity index (χ2v) is 6.59. The summed E-state index contributed by atoms with van der Waals surface area (Å²) in [6.07, 6.45) is 1.42. The Hall–Kier alpha value is -3.22. The van der Waals surface area contributed by atoms with Crippen molar-refractivity contribution in [2.45, 2.75) is 25.4 Å². The average Bonchev–Trinajstić information content (AvgIpc) is 3.22. The fourth-order valence-electron chi connectivity index (χ4n) is 3.26. The topological polar surface area (TPSA) is 79.9 Å². The van der Waals surface area contributed by atoms with Crippen LogP contribution in [0.15, 0.2) is 48.5 Å². The second kappa shape index (κ2) is 9.12. The molecule has 2 aromatic rings. The molecule has 28 heavy (non-hydrogen) atoms. The van der Waals surface area contributed by atoms with Gasteiger partial charge in [-0.2, -0.15) is 0 Å². The van der Waals surface area contributed by atoms with E-state index >= 15 is 0 Å². The fourth-order valence-corrected chi connectivity index (χ4v) is 3.26. The molecule has 0 aliphatic carbocycles. The normalized spacial score (nSPS) is 15.8. The Kier molecular flexibility index (Phi) is 6.37. The van der Waals surface area contributed by atoms with E-state index in [1.54, 1.807) is 37.3 Å². The van der Waals surface area contributed by atoms with Crippen LogP contribution in [0.4, 0.5) is 10.5 Å². The van der Waals surface area contributed by atoms with Crippen molar-refractivity contribution in [3.63, 3.8) is 0 Å². The first-order valence-electron chi connectivity index (χ1n) is 9.23. The van der Waals surface area contributed by atoms with Gasteiger partial charge in [0, 0.05) is 37.0 Å². The number of rotatable bonds is 6. The molecule has 1 atom stereocenters. The Morgan fingerprint density at radius 2 is 1.75 bits per heavy atom. The minimum Gasteiger partial charge on any atom is -0.497 e. The molecule has 7 nitrogen and oxygen atoms in total. The van der Waals surface area contributed by atoms with Crippen molar-refractivity contribution in [2.24, 2.45) is 0 Å². The number of methoxy groups -OCH3 is 2. The molecular formula is C21H25N3O4. The van der Waals surface area contributed by atoms with Crippen LogP contribution in [0.1, 0.15) is 18.4 Å². The van der Waals surface area contributed by atoms with E-state index in [-0.39, 0.29) is 11.9 Å². The van der Waals surface area contributed by atoms with Gasteiger partial charge in [-0.1, -0.05) is 30.3 Å². The molecule has 1 aliphatic rings. The summed E-state index contributed by atoms with van der Waals surface area (Å²) in [5.74, 6) is 0.944. The predicted octanol–water partition coefficient (Wildman–Crippen LogP) is 3.02. The summed E-state index contributed by atoms with van der Waals surface area (Å²) in [5.41, 5.74) is 1.58. The number of ether oxygens (including phenoxy) is 2. The summed E-state index contributed by atoms with van der Waals surface area (Å²) in [6.45, 7) is 0.984. The molecule has 1 heterocycles. The maximum Gasteiger partial charge on any atom is 0.318 e. The highest BCUT2D eigenvalue weighted by molar-refractivity contribution is 5.97. The number of nitrogens with zero attached hydrogens (tertiary/aromatic N) is 1. The first-order valence-corrected chi connectivity index (χ1v) is 9.23. The summed E-state index contributed by atoms with van der Waals surface area (Å²) in [6, 6.07) is 14.1. The van der Waals surface area contributed by atoms with Gasteiger partial charge in [-0.3, -0.25) is 4.79 Å². The van der Waals surface area contributed by atoms with Crippen molar-refractivity contribution >= 4 is 17.6 Å². The molecule has 0 saturated carbocycles. The van der Waals surface area contributed by atoms with Crippen LogP contribution >= 0.6 is 0 Å². The van der Waals surface area contributed by atoms with Crippen LogP contribution < -0.4 is 20.1 Å². The van der Waals surface area contributed by atoms with Gasteiger partial charge in [-0.15, -0.1) is 0 Å². The number of likely N-dealkylation sites (tertiary alicyclic amines) is 1. The van der Waals surface area contributed by atoms with Crippen molar-refractivity contribution in [3.05, 3.63) is 54.1 Å². The third-order valence-electron chi connectivity index (χ3n) is 4.72. The van der Waals surface area contributed by atoms with Gasteiger partial charge in [0.05, 0.1) is 14.2 Å². The van der Waals surface area contributed by atoms with Crippen molar-refractivity contribution in [1.82, 2.24) is 10.2 Å². The number of hydrogen-bond acceptors (Lipinski definition) is 4. The Morgan fingerprint density at radius 3 is 2.39 bits per heavy atom. The number of anilines is 1. The quantitative estimate of drug-likeness (QED) is 0.804. The fraction of sp³-hybridized carbons (Fsp3) is 0.333. The van der Waals surface area contributed by atoms with Crippen LogP contribution in [0, 0.1) is 0 Å². The van der Waals surface area contributed by atoms with Gasteiger partial charge in [0.1, 0.15) is 17.5 Å². The van der Waals surface area contributed by atoms with Gasteiger partial charge in [-0.05, 0) is 18.4 Å². The maximum absolute atomic E-state index is 12.8. The van der Waals surface area contributed by atoms with Crippen molar-refractivity contribution in [3.8, 4) is 11.5 Å². The lowest BCUT2D eigenvalue weighted by molar-refractivity contribution is -0.119. The summed E-state index contributed by atoms with van der Waals surface area (Å²) in [5, 5.41) is 5.76. The van der Waals surface area contributed by atoms with E-state index in [9.17, 15) is 9.59 Å². The van der Waals surface area contributed by atoms with E-state index in [0.717, 1.165) is 12.0 Å². The number of nitrogens with one attached hydrogen (secondary N) is 2. The van der Waals surface area contributed by atoms with Crippen LogP contribution in [-0.2, 0) is 11.3 Å². The number of hydrogen-bond donors (Lipinski definition) is 2. The smallest absolute Gasteiger partial charge is 0.318 e. The first kappa shape index (κ1) is 19.5. The molecule has 7 heteroatoms. The van der Waals surface area contributed by atoms with Gasteiger partial charge >= 0.3 is 6.03 Å². The van der Waals surface area contributed by atoms with E-state index in [2.05, 4.69) is 10.6 Å². The Balaban J connectivity index is 1.63. The molecule has 0 bridgehead atoms. The molecule has 3 amide bonds. The zero-order valence-electron chi connectivity index (χ0n) is 16.1. The summed E-state index contributed by atoms with van der Waals surface area (Å²) < 4.78 is 10.5. The van der Waals surface area contributed by atoms with Crippen molar-refractivity contribution in [2.75, 3.05) is 26.1 Å². The summed E-state index contributed by atoms with van der Waals surface area (Å²) >= 11 is 0. The summed E-state index contributed by atoms with van der Waals surface area (Å²) in [4.78, 5) is 27.0. The van der Waals surface area contributed by atoms with Gasteiger partial charge in [-0.25, -0.2) is 4.79 Å². The first-order chi connectivity index (χ1) is 13.6. The SMILES string of the molecule is COc1cc(NC(=O)C2CCCN2C(=O)NCc2ccccc2)cc(OC)c1. The standard InChI is InChI=1S/C21H25N3O4/c1-27-17-11-16(12-18(13-17)28-2)23-20(25)19-9-6-10-24(19)21(26)22-14-15-7-4-3-5-8-15/h3-5,7-8,11-13,19H,6,9-10,14H2,1-2H3,(H,22,26)(H,23,25). The highest BCUT2D eigenvalue weighted by atomic mass is 16.5. The molecule has 1 fully saturated rings. The second-order valence-electron chi connectivity index (χ2n) is 6.59. The van der Waals surface area contributed by atoms with Gasteiger partial charge in [0.25, 0.3) is 0 Å². The van der Waals surface area contributed by atoms with E-state index in [0.29, 0.717) is 36.7 Å². The monoisotopic (exact) mass is 383 g/mol. The molecule has 1 aliphatic heterocycles. The zero-order chi connectivity index (χ0) is 19.9. The molecule has 3 rings (SSSR count). The average molecular weight is 383 g/mol. The molecule has 1 saturated heterocycles. The molecule has 148 valence electrons. The molecule has 2 N–H and O–H groups in total. The molecule has 0 radical (unpaired) electrons. The molecule has 0 aromatic heterocycles. The molecule has 2 aromatic carbocycles. The van der Waals surface area contributed by atoms with E-state index in [4.69, 9.17) is 9.47 Å². The number of carbonyl (C=O) groups excluding carboxylic acids is 2. The largest absolute Gasteiger partial charge is 0.497 e. The number of benzene rings is 2. The number of urea groups is 1. The van der Waals surface area contributed by atoms with E-state index in [1.165, 1.54) is 0 Å². The predicted molar refractivity (Wildman–Crippen MR) is 107 cm³/mol. The van der Waals surface area contributed by atoms with Crippen molar-refractivity contribution < 1.29 is 19.1 Å². The number of carbonyl (C=O) groups is 2. The van der Waals surface area contributed by atoms with Crippen LogP contribution in [-0.4, -0.2) is 43.6 Å². The molecular weight excluding hydrogens is 358 g/mol. The lowest BCUT2D eigenvalue weighted by atomic mass is 10.2. The Bertz CT molecular complexity index is 803. The highest BCUT2D eigenvalue weighted by Gasteiger charge is 2.34. The zero-order valence-corrected chi connectivity index (χ0v) is 16.1. The van der Waals surface area contributed by atoms with Crippen LogP contribution in [0.5, 0.6) is 11.5 Å². The third kappa shape index (κ3) is 4.73. The maximum atomic E-state index is 12.8. The third-order valence-corrected chi connectivity index (χ3v) is 4.72. The van der Waals surface area contributed by atoms with E-state index < -0.39 is 6.04 Å². The van der Waals surface area contributed by atoms with Gasteiger partial charge < -0.3 is 25.0 Å². The van der Waals surface area contributed by atoms with Gasteiger partial charge in [0.2, 0.25) is 5.91 Å². The lowest BCUT2D eigenvalue weighted by Crippen LogP contribution is -2.47. The number of amides is 3. The van der Waals surface area contributed by atoms with Crippen molar-refractivity contribution in [1.29, 1.82) is 0 Å². The minimum atomic E-state index is -0.507. The van der Waals surface area contributed by atoms with Crippen LogP contribution in [0.25, 0.3) is 0 Å². The Labute approximate surface area is 164 Å². The molecule has 1 unspecified atom stereocenters. The lowest BCUT2D eigenvalue weighted by Gasteiger charge is -2.24. The molecule has 0 spiro atoms. The van der Waals surface area contributed by atoms with Crippen LogP contribution in [0.2, 0.25) is 0 Å². The van der Waals surface area contributed by atoms with Crippen LogP contribution in [0.3, 0.4) is 0 Å². The van der Waals surface area contributed by atoms with Gasteiger partial charge in [0.15, 0.2) is 0 Å². The highest BCUT2D eigenvalue weighted by Crippen LogP contribution is 2.27. The minimum absolute atomic E-state index is 0.220.